The molecule has 0 saturated carbocycles. The fourth-order valence-electron chi connectivity index (χ4n) is 2.21. The molecule has 4 nitrogen and oxygen atoms in total. The summed E-state index contributed by atoms with van der Waals surface area (Å²) < 4.78 is 0. The van der Waals surface area contributed by atoms with Crippen LogP contribution < -0.4 is 0 Å². The van der Waals surface area contributed by atoms with E-state index in [4.69, 9.17) is 5.11 Å². The van der Waals surface area contributed by atoms with E-state index in [9.17, 15) is 4.79 Å². The topological polar surface area (TPSA) is 63.1 Å². The van der Waals surface area contributed by atoms with Crippen molar-refractivity contribution in [1.82, 2.24) is 9.97 Å². The average molecular weight is 560 g/mol. The Bertz CT molecular complexity index is 795. The van der Waals surface area contributed by atoms with E-state index in [0.29, 0.717) is 0 Å². The quantitative estimate of drug-likeness (QED) is 0.297. The molecule has 0 saturated heterocycles. The number of nitrogens with zero attached hydrogens (tertiary/aromatic N) is 2. The second-order valence-electron chi connectivity index (χ2n) is 8.68. The molecule has 1 radical (unpaired) electrons. The first kappa shape index (κ1) is 26.2. The van der Waals surface area contributed by atoms with E-state index in [1.54, 1.807) is 0 Å². The van der Waals surface area contributed by atoms with Crippen LogP contribution in [-0.4, -0.2) is 20.9 Å². The van der Waals surface area contributed by atoms with Gasteiger partial charge in [0.1, 0.15) is 0 Å². The molecule has 0 aliphatic heterocycles. The van der Waals surface area contributed by atoms with Crippen LogP contribution in [0, 0.1) is 6.07 Å². The first-order valence-electron chi connectivity index (χ1n) is 9.03. The van der Waals surface area contributed by atoms with Crippen molar-refractivity contribution in [3.8, 4) is 11.4 Å². The summed E-state index contributed by atoms with van der Waals surface area (Å²) >= 11 is 0. The minimum Gasteiger partial charge on any atom is -0.512 e. The van der Waals surface area contributed by atoms with Crippen molar-refractivity contribution in [3.63, 3.8) is 0 Å². The smallest absolute Gasteiger partial charge is 0.155 e. The predicted octanol–water partition coefficient (Wildman–Crippen LogP) is 5.57. The van der Waals surface area contributed by atoms with E-state index >= 15 is 0 Å². The summed E-state index contributed by atoms with van der Waals surface area (Å²) in [7, 11) is 0. The third-order valence-corrected chi connectivity index (χ3v) is 3.84. The van der Waals surface area contributed by atoms with Gasteiger partial charge in [-0.1, -0.05) is 41.5 Å². The minimum absolute atomic E-state index is 0. The Balaban J connectivity index is 0.000000786. The summed E-state index contributed by atoms with van der Waals surface area (Å²) in [5.41, 5.74) is 3.57. The number of hydrogen-bond donors (Lipinski definition) is 1. The van der Waals surface area contributed by atoms with Crippen LogP contribution in [0.1, 0.15) is 66.5 Å². The first-order chi connectivity index (χ1) is 12.3. The van der Waals surface area contributed by atoms with Crippen molar-refractivity contribution in [3.05, 3.63) is 59.6 Å². The number of aliphatic hydroxyl groups is 1. The van der Waals surface area contributed by atoms with E-state index in [1.807, 2.05) is 18.5 Å². The van der Waals surface area contributed by atoms with Crippen molar-refractivity contribution >= 4 is 5.78 Å². The third kappa shape index (κ3) is 8.90. The van der Waals surface area contributed by atoms with Crippen molar-refractivity contribution in [2.24, 2.45) is 0 Å². The van der Waals surface area contributed by atoms with Gasteiger partial charge in [0, 0.05) is 38.6 Å². The number of benzene rings is 1. The first-order valence-corrected chi connectivity index (χ1v) is 9.03. The minimum atomic E-state index is -0.125. The van der Waals surface area contributed by atoms with Crippen molar-refractivity contribution in [2.75, 3.05) is 0 Å². The molecule has 2 rings (SSSR count). The zero-order chi connectivity index (χ0) is 20.8. The van der Waals surface area contributed by atoms with Crippen LogP contribution >= 0.6 is 0 Å². The van der Waals surface area contributed by atoms with Crippen LogP contribution in [0.5, 0.6) is 0 Å². The molecule has 1 heterocycles. The van der Waals surface area contributed by atoms with Crippen molar-refractivity contribution in [1.29, 1.82) is 0 Å². The number of aliphatic hydroxyl groups excluding tert-OH is 1. The van der Waals surface area contributed by atoms with Gasteiger partial charge in [0.2, 0.25) is 0 Å². The molecule has 0 amide bonds. The van der Waals surface area contributed by atoms with E-state index in [1.165, 1.54) is 25.5 Å². The largest absolute Gasteiger partial charge is 0.512 e. The molecule has 0 atom stereocenters. The monoisotopic (exact) mass is 560 g/mol. The molecule has 0 aliphatic rings. The Morgan fingerprint density at radius 1 is 1.00 bits per heavy atom. The third-order valence-electron chi connectivity index (χ3n) is 3.84. The van der Waals surface area contributed by atoms with Crippen LogP contribution in [-0.2, 0) is 35.7 Å². The number of ketones is 1. The summed E-state index contributed by atoms with van der Waals surface area (Å²) in [6.45, 7) is 16.0. The van der Waals surface area contributed by atoms with E-state index in [2.05, 4.69) is 69.7 Å². The molecule has 5 heteroatoms. The Hall–Kier alpha value is -1.84. The Morgan fingerprint density at radius 2 is 1.50 bits per heavy atom. The van der Waals surface area contributed by atoms with Gasteiger partial charge >= 0.3 is 0 Å². The summed E-state index contributed by atoms with van der Waals surface area (Å²) in [6.07, 6.45) is 5.00. The molecule has 0 fully saturated rings. The van der Waals surface area contributed by atoms with E-state index < -0.39 is 0 Å². The van der Waals surface area contributed by atoms with Crippen LogP contribution in [0.25, 0.3) is 11.4 Å². The molecule has 1 aromatic carbocycles. The molecule has 1 aromatic heterocycles. The summed E-state index contributed by atoms with van der Waals surface area (Å²) in [5.74, 6) is 0.677. The SMILES string of the molecule is CC(=O)C=C(C)O.CC(C)(C)c1cnc(-c2[c-]ccc(C(C)(C)C)c2)nc1.[Ir]. The van der Waals surface area contributed by atoms with Crippen LogP contribution in [0.4, 0.5) is 0 Å². The molecule has 0 spiro atoms. The summed E-state index contributed by atoms with van der Waals surface area (Å²) in [4.78, 5) is 19.0. The van der Waals surface area contributed by atoms with Gasteiger partial charge in [-0.05, 0) is 30.2 Å². The Morgan fingerprint density at radius 3 is 1.86 bits per heavy atom. The van der Waals surface area contributed by atoms with Gasteiger partial charge in [0.25, 0.3) is 0 Å². The maximum absolute atomic E-state index is 10.0. The number of rotatable bonds is 2. The van der Waals surface area contributed by atoms with Crippen LogP contribution in [0.3, 0.4) is 0 Å². The molecular weight excluding hydrogens is 528 g/mol. The second-order valence-corrected chi connectivity index (χ2v) is 8.68. The Kier molecular flexibility index (Phi) is 9.94. The number of carbonyl (C=O) groups is 1. The average Bonchev–Trinajstić information content (AvgIpc) is 2.53. The zero-order valence-corrected chi connectivity index (χ0v) is 20.4. The summed E-state index contributed by atoms with van der Waals surface area (Å²) in [6, 6.07) is 9.42. The molecule has 2 aromatic rings. The van der Waals surface area contributed by atoms with Gasteiger partial charge in [-0.15, -0.1) is 35.4 Å². The number of carbonyl (C=O) groups excluding carboxylic acids is 1. The van der Waals surface area contributed by atoms with E-state index in [0.717, 1.165) is 17.0 Å². The van der Waals surface area contributed by atoms with Gasteiger partial charge in [-0.25, -0.2) is 0 Å². The normalized spacial score (nSPS) is 11.8. The number of allylic oxidation sites excluding steroid dienone is 2. The maximum atomic E-state index is 10.0. The molecular formula is C23H31IrN2O2-. The van der Waals surface area contributed by atoms with Gasteiger partial charge < -0.3 is 5.11 Å². The van der Waals surface area contributed by atoms with Gasteiger partial charge in [0.05, 0.1) is 11.6 Å². The fourth-order valence-corrected chi connectivity index (χ4v) is 2.21. The number of hydrogen-bond acceptors (Lipinski definition) is 4. The van der Waals surface area contributed by atoms with E-state index in [-0.39, 0.29) is 42.5 Å². The number of aromatic nitrogens is 2. The molecule has 0 aliphatic carbocycles. The standard InChI is InChI=1S/C18H23N2.C5H8O2.Ir/c1-17(2,3)14-9-7-8-13(10-14)16-19-11-15(12-20-16)18(4,5)6;1-4(6)3-5(2)7;/h7,9-12H,1-6H3;3,6H,1-2H3;/q-1;;. The molecule has 155 valence electrons. The van der Waals surface area contributed by atoms with Gasteiger partial charge in [0.15, 0.2) is 5.78 Å². The molecule has 28 heavy (non-hydrogen) atoms. The van der Waals surface area contributed by atoms with Gasteiger partial charge in [-0.3, -0.25) is 14.8 Å². The zero-order valence-electron chi connectivity index (χ0n) is 18.0. The summed E-state index contributed by atoms with van der Waals surface area (Å²) in [5, 5.41) is 8.36. The Labute approximate surface area is 182 Å². The van der Waals surface area contributed by atoms with Gasteiger partial charge in [-0.2, -0.15) is 0 Å². The molecule has 0 unspecified atom stereocenters. The molecule has 1 N–H and O–H groups in total. The van der Waals surface area contributed by atoms with Crippen molar-refractivity contribution < 1.29 is 30.0 Å². The fraction of sp³-hybridized carbons (Fsp3) is 0.435. The van der Waals surface area contributed by atoms with Crippen LogP contribution in [0.15, 0.2) is 42.4 Å². The predicted molar refractivity (Wildman–Crippen MR) is 111 cm³/mol. The van der Waals surface area contributed by atoms with Crippen LogP contribution in [0.2, 0.25) is 0 Å². The van der Waals surface area contributed by atoms with Crippen molar-refractivity contribution in [2.45, 2.75) is 66.2 Å². The maximum Gasteiger partial charge on any atom is 0.155 e. The second kappa shape index (κ2) is 10.6. The molecule has 0 bridgehead atoms.